The minimum Gasteiger partial charge on any atom is -0.492 e. The highest BCUT2D eigenvalue weighted by Gasteiger charge is 2.10. The van der Waals surface area contributed by atoms with Crippen LogP contribution in [0.2, 0.25) is 0 Å². The summed E-state index contributed by atoms with van der Waals surface area (Å²) in [6.07, 6.45) is 0. The highest BCUT2D eigenvalue weighted by Crippen LogP contribution is 2.26. The van der Waals surface area contributed by atoms with E-state index in [1.165, 1.54) is 7.11 Å². The molecule has 0 fully saturated rings. The number of rotatable bonds is 8. The number of benzene rings is 2. The zero-order valence-electron chi connectivity index (χ0n) is 14.6. The van der Waals surface area contributed by atoms with Crippen LogP contribution < -0.4 is 14.8 Å². The van der Waals surface area contributed by atoms with Crippen molar-refractivity contribution >= 4 is 27.8 Å². The third kappa shape index (κ3) is 6.07. The molecule has 0 unspecified atom stereocenters. The average molecular weight is 422 g/mol. The number of nitrogens with one attached hydrogen (secondary N) is 1. The molecule has 0 heterocycles. The van der Waals surface area contributed by atoms with Gasteiger partial charge in [-0.3, -0.25) is 4.79 Å². The van der Waals surface area contributed by atoms with Crippen molar-refractivity contribution in [2.45, 2.75) is 6.92 Å². The molecule has 2 rings (SSSR count). The van der Waals surface area contributed by atoms with Crippen LogP contribution in [0.3, 0.4) is 0 Å². The van der Waals surface area contributed by atoms with E-state index in [2.05, 4.69) is 26.0 Å². The minimum atomic E-state index is -0.441. The fourth-order valence-electron chi connectivity index (χ4n) is 2.12. The van der Waals surface area contributed by atoms with Gasteiger partial charge in [0.1, 0.15) is 18.1 Å². The molecule has 0 aromatic heterocycles. The maximum atomic E-state index is 11.8. The van der Waals surface area contributed by atoms with E-state index in [0.717, 1.165) is 11.3 Å². The number of hydrogen-bond acceptors (Lipinski definition) is 5. The first-order valence-corrected chi connectivity index (χ1v) is 8.75. The molecule has 1 amide bonds. The van der Waals surface area contributed by atoms with Crippen molar-refractivity contribution in [3.05, 3.63) is 58.1 Å². The number of aryl methyl sites for hydroxylation is 1. The first-order chi connectivity index (χ1) is 12.5. The molecule has 26 heavy (non-hydrogen) atoms. The second-order valence-electron chi connectivity index (χ2n) is 5.44. The van der Waals surface area contributed by atoms with Gasteiger partial charge in [0, 0.05) is 0 Å². The Hall–Kier alpha value is -2.54. The van der Waals surface area contributed by atoms with Gasteiger partial charge in [0.25, 0.3) is 5.91 Å². The van der Waals surface area contributed by atoms with Gasteiger partial charge in [-0.25, -0.2) is 4.79 Å². The molecule has 0 saturated heterocycles. The number of ether oxygens (including phenoxy) is 3. The normalized spacial score (nSPS) is 10.1. The van der Waals surface area contributed by atoms with Gasteiger partial charge in [-0.15, -0.1) is 0 Å². The van der Waals surface area contributed by atoms with Crippen LogP contribution in [0.1, 0.15) is 15.9 Å². The van der Waals surface area contributed by atoms with E-state index in [0.29, 0.717) is 28.9 Å². The molecule has 6 nitrogen and oxygen atoms in total. The zero-order chi connectivity index (χ0) is 18.9. The van der Waals surface area contributed by atoms with Gasteiger partial charge < -0.3 is 19.5 Å². The van der Waals surface area contributed by atoms with Crippen LogP contribution in [0, 0.1) is 6.92 Å². The van der Waals surface area contributed by atoms with Crippen molar-refractivity contribution in [3.63, 3.8) is 0 Å². The van der Waals surface area contributed by atoms with E-state index in [-0.39, 0.29) is 12.5 Å². The van der Waals surface area contributed by atoms with Crippen molar-refractivity contribution in [3.8, 4) is 11.5 Å². The molecule has 0 spiro atoms. The van der Waals surface area contributed by atoms with E-state index in [4.69, 9.17) is 9.47 Å². The van der Waals surface area contributed by atoms with Gasteiger partial charge in [-0.2, -0.15) is 0 Å². The number of carbonyl (C=O) groups excluding carboxylic acids is 2. The molecule has 0 atom stereocenters. The lowest BCUT2D eigenvalue weighted by Crippen LogP contribution is -2.32. The monoisotopic (exact) mass is 421 g/mol. The van der Waals surface area contributed by atoms with Gasteiger partial charge in [-0.05, 0) is 58.7 Å². The summed E-state index contributed by atoms with van der Waals surface area (Å²) in [6.45, 7) is 2.59. The maximum absolute atomic E-state index is 11.8. The van der Waals surface area contributed by atoms with Crippen molar-refractivity contribution in [2.75, 3.05) is 26.9 Å². The van der Waals surface area contributed by atoms with Crippen LogP contribution in [-0.4, -0.2) is 38.7 Å². The second-order valence-corrected chi connectivity index (χ2v) is 6.29. The van der Waals surface area contributed by atoms with Gasteiger partial charge >= 0.3 is 5.97 Å². The highest BCUT2D eigenvalue weighted by atomic mass is 79.9. The maximum Gasteiger partial charge on any atom is 0.337 e. The topological polar surface area (TPSA) is 73.9 Å². The molecule has 0 aliphatic heterocycles. The van der Waals surface area contributed by atoms with Crippen LogP contribution in [-0.2, 0) is 9.53 Å². The highest BCUT2D eigenvalue weighted by molar-refractivity contribution is 9.10. The molecule has 0 saturated carbocycles. The summed E-state index contributed by atoms with van der Waals surface area (Å²) in [7, 11) is 1.31. The van der Waals surface area contributed by atoms with E-state index in [1.54, 1.807) is 18.2 Å². The molecule has 138 valence electrons. The largest absolute Gasteiger partial charge is 0.492 e. The zero-order valence-corrected chi connectivity index (χ0v) is 16.2. The Morgan fingerprint density at radius 3 is 2.62 bits per heavy atom. The summed E-state index contributed by atoms with van der Waals surface area (Å²) in [5, 5.41) is 2.72. The predicted molar refractivity (Wildman–Crippen MR) is 101 cm³/mol. The lowest BCUT2D eigenvalue weighted by molar-refractivity contribution is -0.123. The number of methoxy groups -OCH3 is 1. The van der Waals surface area contributed by atoms with Crippen molar-refractivity contribution in [1.82, 2.24) is 5.32 Å². The lowest BCUT2D eigenvalue weighted by atomic mass is 10.2. The van der Waals surface area contributed by atoms with Crippen LogP contribution in [0.25, 0.3) is 0 Å². The Balaban J connectivity index is 1.72. The minimum absolute atomic E-state index is 0.138. The van der Waals surface area contributed by atoms with Gasteiger partial charge in [0.15, 0.2) is 6.61 Å². The van der Waals surface area contributed by atoms with Gasteiger partial charge in [0.2, 0.25) is 0 Å². The fraction of sp³-hybridized carbons (Fsp3) is 0.263. The summed E-state index contributed by atoms with van der Waals surface area (Å²) in [6, 6.07) is 12.5. The number of hydrogen-bond donors (Lipinski definition) is 1. The number of halogens is 1. The van der Waals surface area contributed by atoms with Crippen LogP contribution in [0.4, 0.5) is 0 Å². The molecule has 0 aliphatic carbocycles. The molecular weight excluding hydrogens is 402 g/mol. The van der Waals surface area contributed by atoms with E-state index in [9.17, 15) is 9.59 Å². The predicted octanol–water partition coefficient (Wildman–Crippen LogP) is 3.12. The number of amides is 1. The number of esters is 1. The first kappa shape index (κ1) is 19.8. The summed E-state index contributed by atoms with van der Waals surface area (Å²) in [5.74, 6) is 0.527. The summed E-state index contributed by atoms with van der Waals surface area (Å²) >= 11 is 3.31. The molecule has 2 aromatic carbocycles. The Labute approximate surface area is 160 Å². The molecule has 7 heteroatoms. The average Bonchev–Trinajstić information content (AvgIpc) is 2.63. The fourth-order valence-corrected chi connectivity index (χ4v) is 2.61. The van der Waals surface area contributed by atoms with Crippen molar-refractivity contribution in [2.24, 2.45) is 0 Å². The Morgan fingerprint density at radius 2 is 1.92 bits per heavy atom. The molecule has 0 aliphatic rings. The molecular formula is C19H20BrNO5. The van der Waals surface area contributed by atoms with Crippen molar-refractivity contribution < 1.29 is 23.8 Å². The Morgan fingerprint density at radius 1 is 1.12 bits per heavy atom. The van der Waals surface area contributed by atoms with Crippen molar-refractivity contribution in [1.29, 1.82) is 0 Å². The SMILES string of the molecule is COC(=O)c1ccc(OCC(=O)NCCOc2cccc(C)c2)c(Br)c1. The summed E-state index contributed by atoms with van der Waals surface area (Å²) < 4.78 is 16.2. The smallest absolute Gasteiger partial charge is 0.337 e. The summed E-state index contributed by atoms with van der Waals surface area (Å²) in [4.78, 5) is 23.3. The van der Waals surface area contributed by atoms with Crippen LogP contribution in [0.15, 0.2) is 46.9 Å². The Kier molecular flexibility index (Phi) is 7.47. The molecule has 0 radical (unpaired) electrons. The van der Waals surface area contributed by atoms with E-state index >= 15 is 0 Å². The van der Waals surface area contributed by atoms with Crippen LogP contribution >= 0.6 is 15.9 Å². The summed E-state index contributed by atoms with van der Waals surface area (Å²) in [5.41, 5.74) is 1.51. The molecule has 0 bridgehead atoms. The third-order valence-corrected chi connectivity index (χ3v) is 4.01. The lowest BCUT2D eigenvalue weighted by Gasteiger charge is -2.10. The second kappa shape index (κ2) is 9.82. The Bertz CT molecular complexity index is 778. The van der Waals surface area contributed by atoms with Gasteiger partial charge in [-0.1, -0.05) is 12.1 Å². The third-order valence-electron chi connectivity index (χ3n) is 3.39. The quantitative estimate of drug-likeness (QED) is 0.523. The number of carbonyl (C=O) groups is 2. The molecule has 2 aromatic rings. The molecule has 1 N–H and O–H groups in total. The standard InChI is InChI=1S/C19H20BrNO5/c1-13-4-3-5-15(10-13)25-9-8-21-18(22)12-26-17-7-6-14(11-16(17)20)19(23)24-2/h3-7,10-11H,8-9,12H2,1-2H3,(H,21,22). The van der Waals surface area contributed by atoms with Crippen LogP contribution in [0.5, 0.6) is 11.5 Å². The van der Waals surface area contributed by atoms with E-state index in [1.807, 2.05) is 31.2 Å². The van der Waals surface area contributed by atoms with Gasteiger partial charge in [0.05, 0.1) is 23.7 Å². The van der Waals surface area contributed by atoms with E-state index < -0.39 is 5.97 Å². The first-order valence-electron chi connectivity index (χ1n) is 7.96.